The van der Waals surface area contributed by atoms with E-state index in [0.29, 0.717) is 12.5 Å². The summed E-state index contributed by atoms with van der Waals surface area (Å²) in [6, 6.07) is 4.29. The van der Waals surface area contributed by atoms with E-state index in [9.17, 15) is 0 Å². The Morgan fingerprint density at radius 3 is 2.60 bits per heavy atom. The predicted molar refractivity (Wildman–Crippen MR) is 122 cm³/mol. The lowest BCUT2D eigenvalue weighted by molar-refractivity contribution is 0.583. The lowest BCUT2D eigenvalue weighted by Gasteiger charge is -2.15. The summed E-state index contributed by atoms with van der Waals surface area (Å²) in [5.41, 5.74) is 1.14. The van der Waals surface area contributed by atoms with Gasteiger partial charge in [0.1, 0.15) is 0 Å². The molecule has 0 aliphatic carbocycles. The third-order valence-electron chi connectivity index (χ3n) is 3.54. The molecule has 2 rings (SSSR count). The van der Waals surface area contributed by atoms with Crippen molar-refractivity contribution in [3.05, 3.63) is 38.5 Å². The van der Waals surface area contributed by atoms with Crippen LogP contribution >= 0.6 is 46.7 Å². The Morgan fingerprint density at radius 2 is 2.04 bits per heavy atom. The second kappa shape index (κ2) is 10.5. The van der Waals surface area contributed by atoms with Crippen LogP contribution < -0.4 is 10.6 Å². The van der Waals surface area contributed by atoms with Crippen molar-refractivity contribution in [2.45, 2.75) is 52.5 Å². The normalized spacial score (nSPS) is 13.2. The molecule has 0 fully saturated rings. The Bertz CT molecular complexity index is 644. The first-order valence-corrected chi connectivity index (χ1v) is 10.2. The van der Waals surface area contributed by atoms with E-state index in [1.165, 1.54) is 4.88 Å². The van der Waals surface area contributed by atoms with Crippen LogP contribution in [0.4, 0.5) is 0 Å². The van der Waals surface area contributed by atoms with Gasteiger partial charge in [0, 0.05) is 34.7 Å². The molecule has 140 valence electrons. The summed E-state index contributed by atoms with van der Waals surface area (Å²) in [6.07, 6.45) is 0. The lowest BCUT2D eigenvalue weighted by Crippen LogP contribution is -2.39. The maximum absolute atomic E-state index is 4.71. The number of nitrogens with one attached hydrogen (secondary N) is 2. The number of hydrogen-bond acceptors (Lipinski definition) is 4. The molecule has 1 atom stereocenters. The summed E-state index contributed by atoms with van der Waals surface area (Å²) < 4.78 is 0. The molecule has 0 radical (unpaired) electrons. The molecule has 0 aliphatic heterocycles. The highest BCUT2D eigenvalue weighted by molar-refractivity contribution is 14.0. The van der Waals surface area contributed by atoms with Gasteiger partial charge in [-0.1, -0.05) is 33.8 Å². The predicted octanol–water partition coefficient (Wildman–Crippen LogP) is 4.98. The van der Waals surface area contributed by atoms with Crippen molar-refractivity contribution in [2.75, 3.05) is 13.1 Å². The average Bonchev–Trinajstić information content (AvgIpc) is 3.20. The molecule has 0 aliphatic rings. The molecule has 7 heteroatoms. The average molecular weight is 492 g/mol. The number of nitrogens with zero attached hydrogens (tertiary/aromatic N) is 2. The zero-order valence-corrected chi connectivity index (χ0v) is 19.6. The molecule has 0 saturated carbocycles. The van der Waals surface area contributed by atoms with Crippen LogP contribution in [-0.4, -0.2) is 24.0 Å². The fourth-order valence-electron chi connectivity index (χ4n) is 2.15. The van der Waals surface area contributed by atoms with Gasteiger partial charge in [-0.15, -0.1) is 46.7 Å². The molecular weight excluding hydrogens is 463 g/mol. The van der Waals surface area contributed by atoms with Crippen LogP contribution in [0.3, 0.4) is 0 Å². The van der Waals surface area contributed by atoms with Crippen molar-refractivity contribution in [3.8, 4) is 0 Å². The van der Waals surface area contributed by atoms with Crippen LogP contribution in [0.5, 0.6) is 0 Å². The van der Waals surface area contributed by atoms with Crippen molar-refractivity contribution in [2.24, 2.45) is 4.99 Å². The van der Waals surface area contributed by atoms with Crippen molar-refractivity contribution in [3.63, 3.8) is 0 Å². The van der Waals surface area contributed by atoms with E-state index in [1.807, 2.05) is 0 Å². The van der Waals surface area contributed by atoms with Crippen molar-refractivity contribution in [1.82, 2.24) is 15.6 Å². The quantitative estimate of drug-likeness (QED) is 0.340. The van der Waals surface area contributed by atoms with Gasteiger partial charge in [0.05, 0.1) is 17.2 Å². The largest absolute Gasteiger partial charge is 0.357 e. The number of aliphatic imine (C=N–C) groups is 1. The minimum Gasteiger partial charge on any atom is -0.357 e. The summed E-state index contributed by atoms with van der Waals surface area (Å²) in [5, 5.41) is 12.1. The fraction of sp³-hybridized carbons (Fsp3) is 0.556. The first-order chi connectivity index (χ1) is 11.4. The van der Waals surface area contributed by atoms with Crippen LogP contribution in [0.1, 0.15) is 56.1 Å². The standard InChI is InChI=1S/C18H28N4S2.HI/c1-6-19-17(20-10-13(2)15-8-7-9-23-15)21-11-14-12-24-16(22-14)18(3,4)5;/h7-9,12-13H,6,10-11H2,1-5H3,(H2,19,20,21);1H. The number of thiophene rings is 1. The van der Waals surface area contributed by atoms with Gasteiger partial charge in [-0.25, -0.2) is 9.98 Å². The number of thiazole rings is 1. The molecule has 2 N–H and O–H groups in total. The third-order valence-corrected chi connectivity index (χ3v) is 5.96. The Labute approximate surface area is 176 Å². The van der Waals surface area contributed by atoms with Gasteiger partial charge in [0.15, 0.2) is 5.96 Å². The highest BCUT2D eigenvalue weighted by Gasteiger charge is 2.17. The molecule has 2 aromatic heterocycles. The van der Waals surface area contributed by atoms with Crippen molar-refractivity contribution < 1.29 is 0 Å². The van der Waals surface area contributed by atoms with Crippen LogP contribution in [0, 0.1) is 0 Å². The van der Waals surface area contributed by atoms with E-state index in [-0.39, 0.29) is 29.4 Å². The number of hydrogen-bond donors (Lipinski definition) is 2. The van der Waals surface area contributed by atoms with Gasteiger partial charge in [-0.3, -0.25) is 0 Å². The molecule has 1 unspecified atom stereocenters. The van der Waals surface area contributed by atoms with E-state index in [1.54, 1.807) is 22.7 Å². The minimum absolute atomic E-state index is 0. The fourth-order valence-corrected chi connectivity index (χ4v) is 3.83. The highest BCUT2D eigenvalue weighted by atomic mass is 127. The molecule has 0 bridgehead atoms. The van der Waals surface area contributed by atoms with Crippen molar-refractivity contribution >= 4 is 52.6 Å². The molecule has 4 nitrogen and oxygen atoms in total. The van der Waals surface area contributed by atoms with E-state index >= 15 is 0 Å². The number of halogens is 1. The number of guanidine groups is 1. The smallest absolute Gasteiger partial charge is 0.191 e. The monoisotopic (exact) mass is 492 g/mol. The molecule has 2 heterocycles. The van der Waals surface area contributed by atoms with E-state index in [2.05, 4.69) is 73.1 Å². The zero-order chi connectivity index (χ0) is 17.6. The van der Waals surface area contributed by atoms with Gasteiger partial charge < -0.3 is 10.6 Å². The third kappa shape index (κ3) is 7.22. The van der Waals surface area contributed by atoms with Crippen LogP contribution in [0.25, 0.3) is 0 Å². The Morgan fingerprint density at radius 1 is 1.28 bits per heavy atom. The number of aromatic nitrogens is 1. The highest BCUT2D eigenvalue weighted by Crippen LogP contribution is 2.25. The Hall–Kier alpha value is -0.670. The molecule has 2 aromatic rings. The molecule has 0 amide bonds. The molecule has 0 saturated heterocycles. The second-order valence-electron chi connectivity index (χ2n) is 6.89. The van der Waals surface area contributed by atoms with E-state index in [0.717, 1.165) is 29.8 Å². The Kier molecular flexibility index (Phi) is 9.37. The van der Waals surface area contributed by atoms with E-state index in [4.69, 9.17) is 4.98 Å². The first kappa shape index (κ1) is 22.4. The van der Waals surface area contributed by atoms with Gasteiger partial charge in [-0.2, -0.15) is 0 Å². The van der Waals surface area contributed by atoms with Gasteiger partial charge >= 0.3 is 0 Å². The molecule has 0 spiro atoms. The molecular formula is C18H29IN4S2. The van der Waals surface area contributed by atoms with Gasteiger partial charge in [0.25, 0.3) is 0 Å². The maximum Gasteiger partial charge on any atom is 0.191 e. The Balaban J connectivity index is 0.00000312. The van der Waals surface area contributed by atoms with Gasteiger partial charge in [-0.05, 0) is 18.4 Å². The number of rotatable bonds is 6. The summed E-state index contributed by atoms with van der Waals surface area (Å²) in [5.74, 6) is 1.33. The van der Waals surface area contributed by atoms with E-state index < -0.39 is 0 Å². The van der Waals surface area contributed by atoms with Crippen LogP contribution in [-0.2, 0) is 12.0 Å². The van der Waals surface area contributed by atoms with Crippen LogP contribution in [0.15, 0.2) is 27.9 Å². The molecule has 25 heavy (non-hydrogen) atoms. The van der Waals surface area contributed by atoms with Gasteiger partial charge in [0.2, 0.25) is 0 Å². The first-order valence-electron chi connectivity index (χ1n) is 8.40. The second-order valence-corrected chi connectivity index (χ2v) is 8.72. The topological polar surface area (TPSA) is 49.3 Å². The SMILES string of the molecule is CCNC(=NCc1csc(C(C)(C)C)n1)NCC(C)c1cccs1.I. The maximum atomic E-state index is 4.71. The summed E-state index contributed by atoms with van der Waals surface area (Å²) in [6.45, 7) is 13.2. The summed E-state index contributed by atoms with van der Waals surface area (Å²) in [4.78, 5) is 10.8. The van der Waals surface area contributed by atoms with Crippen molar-refractivity contribution in [1.29, 1.82) is 0 Å². The lowest BCUT2D eigenvalue weighted by atomic mass is 9.98. The summed E-state index contributed by atoms with van der Waals surface area (Å²) in [7, 11) is 0. The minimum atomic E-state index is 0. The van der Waals surface area contributed by atoms with Crippen LogP contribution in [0.2, 0.25) is 0 Å². The molecule has 0 aromatic carbocycles. The zero-order valence-electron chi connectivity index (χ0n) is 15.6. The summed E-state index contributed by atoms with van der Waals surface area (Å²) >= 11 is 3.52.